The Hall–Kier alpha value is -4.86. The molecule has 0 spiro atoms. The molecule has 13 heteroatoms. The Kier molecular flexibility index (Phi) is 5.36. The number of nitrogen functional groups attached to an aromatic ring is 1. The fourth-order valence-electron chi connectivity index (χ4n) is 4.02. The number of nitrogens with zero attached hydrogens (tertiary/aromatic N) is 8. The van der Waals surface area contributed by atoms with E-state index in [-0.39, 0.29) is 33.7 Å². The van der Waals surface area contributed by atoms with Gasteiger partial charge in [0.05, 0.1) is 17.5 Å². The van der Waals surface area contributed by atoms with Crippen LogP contribution in [0.15, 0.2) is 55.4 Å². The third kappa shape index (κ3) is 3.68. The number of aromatic nitrogens is 7. The Morgan fingerprint density at radius 2 is 1.78 bits per heavy atom. The minimum Gasteiger partial charge on any atom is -0.382 e. The summed E-state index contributed by atoms with van der Waals surface area (Å²) in [5, 5.41) is 18.6. The van der Waals surface area contributed by atoms with E-state index in [0.29, 0.717) is 11.3 Å². The number of alkyl halides is 3. The molecule has 0 saturated heterocycles. The van der Waals surface area contributed by atoms with Gasteiger partial charge in [-0.3, -0.25) is 0 Å². The van der Waals surface area contributed by atoms with E-state index in [1.54, 1.807) is 31.3 Å². The van der Waals surface area contributed by atoms with Crippen LogP contribution in [0.3, 0.4) is 0 Å². The molecule has 0 aliphatic heterocycles. The molecule has 0 aliphatic rings. The van der Waals surface area contributed by atoms with E-state index in [1.807, 2.05) is 0 Å². The minimum atomic E-state index is -4.72. The normalized spacial score (nSPS) is 12.6. The highest BCUT2D eigenvalue weighted by Gasteiger charge is 2.35. The summed E-state index contributed by atoms with van der Waals surface area (Å²) in [5.74, 6) is -2.27. The molecule has 4 heterocycles. The Morgan fingerprint density at radius 1 is 1.06 bits per heavy atom. The van der Waals surface area contributed by atoms with Gasteiger partial charge in [0.1, 0.15) is 29.4 Å². The van der Waals surface area contributed by atoms with Gasteiger partial charge in [0.25, 0.3) is 0 Å². The number of fused-ring (bicyclic) bond motifs is 1. The first kappa shape index (κ1) is 22.9. The molecular weight excluding hydrogens is 478 g/mol. The molecule has 0 unspecified atom stereocenters. The summed E-state index contributed by atoms with van der Waals surface area (Å²) in [6.45, 7) is 1.79. The molecule has 0 amide bonds. The molecule has 1 aromatic carbocycles. The van der Waals surface area contributed by atoms with Crippen LogP contribution in [0.2, 0.25) is 0 Å². The molecule has 9 nitrogen and oxygen atoms in total. The molecule has 1 atom stereocenters. The summed E-state index contributed by atoms with van der Waals surface area (Å²) >= 11 is 0. The smallest absolute Gasteiger partial charge is 0.382 e. The van der Waals surface area contributed by atoms with Crippen LogP contribution in [0.25, 0.3) is 22.3 Å². The SMILES string of the molecule is C[C@@H](c1cnn(-c2ccccc2F)c1)c1c(C#N)c(-c2cnc(C(F)(F)F)nc2)c2c(N)ncnn12. The maximum absolute atomic E-state index is 14.3. The predicted molar refractivity (Wildman–Crippen MR) is 119 cm³/mol. The molecule has 0 fully saturated rings. The van der Waals surface area contributed by atoms with E-state index in [2.05, 4.69) is 31.2 Å². The number of nitrogens with two attached hydrogens (primary N) is 1. The van der Waals surface area contributed by atoms with Crippen molar-refractivity contribution in [2.45, 2.75) is 19.0 Å². The van der Waals surface area contributed by atoms with E-state index in [0.717, 1.165) is 12.4 Å². The van der Waals surface area contributed by atoms with Crippen molar-refractivity contribution in [1.29, 1.82) is 5.26 Å². The van der Waals surface area contributed by atoms with Crippen LogP contribution < -0.4 is 5.73 Å². The molecular formula is C23H15F4N9. The van der Waals surface area contributed by atoms with Crippen molar-refractivity contribution in [2.75, 3.05) is 5.73 Å². The van der Waals surface area contributed by atoms with Gasteiger partial charge in [-0.25, -0.2) is 28.5 Å². The Morgan fingerprint density at radius 3 is 2.44 bits per heavy atom. The van der Waals surface area contributed by atoms with E-state index >= 15 is 0 Å². The van der Waals surface area contributed by atoms with Crippen LogP contribution >= 0.6 is 0 Å². The monoisotopic (exact) mass is 493 g/mol. The molecule has 0 bridgehead atoms. The Labute approximate surface area is 200 Å². The summed E-state index contributed by atoms with van der Waals surface area (Å²) in [4.78, 5) is 10.8. The highest BCUT2D eigenvalue weighted by molar-refractivity contribution is 5.92. The number of anilines is 1. The average molecular weight is 493 g/mol. The van der Waals surface area contributed by atoms with E-state index in [1.165, 1.54) is 27.8 Å². The van der Waals surface area contributed by atoms with Gasteiger partial charge in [-0.05, 0) is 17.7 Å². The number of rotatable bonds is 4. The second-order valence-corrected chi connectivity index (χ2v) is 7.84. The van der Waals surface area contributed by atoms with Crippen molar-refractivity contribution >= 4 is 11.3 Å². The van der Waals surface area contributed by atoms with Crippen LogP contribution in [-0.4, -0.2) is 34.3 Å². The molecule has 2 N–H and O–H groups in total. The summed E-state index contributed by atoms with van der Waals surface area (Å²) in [7, 11) is 0. The van der Waals surface area contributed by atoms with Crippen LogP contribution in [0, 0.1) is 17.1 Å². The maximum Gasteiger partial charge on any atom is 0.451 e. The topological polar surface area (TPSA) is 124 Å². The average Bonchev–Trinajstić information content (AvgIpc) is 3.47. The minimum absolute atomic E-state index is 0.0110. The number of hydrogen-bond donors (Lipinski definition) is 1. The molecule has 5 rings (SSSR count). The molecule has 0 radical (unpaired) electrons. The number of nitriles is 1. The van der Waals surface area contributed by atoms with Gasteiger partial charge in [-0.1, -0.05) is 19.1 Å². The highest BCUT2D eigenvalue weighted by Crippen LogP contribution is 2.39. The first-order valence-electron chi connectivity index (χ1n) is 10.4. The third-order valence-corrected chi connectivity index (χ3v) is 5.71. The van der Waals surface area contributed by atoms with E-state index in [4.69, 9.17) is 5.73 Å². The van der Waals surface area contributed by atoms with E-state index in [9.17, 15) is 22.8 Å². The first-order valence-corrected chi connectivity index (χ1v) is 10.4. The van der Waals surface area contributed by atoms with E-state index < -0.39 is 23.7 Å². The zero-order valence-electron chi connectivity index (χ0n) is 18.4. The molecule has 180 valence electrons. The zero-order chi connectivity index (χ0) is 25.6. The molecule has 0 aliphatic carbocycles. The van der Waals surface area contributed by atoms with Crippen molar-refractivity contribution in [1.82, 2.24) is 34.3 Å². The fraction of sp³-hybridized carbons (Fsp3) is 0.130. The standard InChI is InChI=1S/C23H15F4N9/c1-12(14-9-33-35(10-14)17-5-3-2-4-16(17)24)19-15(6-28)18(20-21(29)32-11-34-36(19)20)13-7-30-22(31-8-13)23(25,26)27/h2-5,7-12H,1H3,(H2,29,32,34)/t12-/m0/s1. The first-order chi connectivity index (χ1) is 17.2. The zero-order valence-corrected chi connectivity index (χ0v) is 18.4. The number of halogens is 4. The van der Waals surface area contributed by atoms with Crippen LogP contribution in [0.5, 0.6) is 0 Å². The van der Waals surface area contributed by atoms with Gasteiger partial charge in [0, 0.05) is 35.6 Å². The second-order valence-electron chi connectivity index (χ2n) is 7.84. The van der Waals surface area contributed by atoms with Gasteiger partial charge in [-0.2, -0.15) is 28.6 Å². The second kappa shape index (κ2) is 8.42. The highest BCUT2D eigenvalue weighted by atomic mass is 19.4. The summed E-state index contributed by atoms with van der Waals surface area (Å²) in [5.41, 5.74) is 8.04. The summed E-state index contributed by atoms with van der Waals surface area (Å²) in [6, 6.07) is 8.24. The van der Waals surface area contributed by atoms with Gasteiger partial charge in [-0.15, -0.1) is 0 Å². The molecule has 4 aromatic heterocycles. The molecule has 36 heavy (non-hydrogen) atoms. The quantitative estimate of drug-likeness (QED) is 0.373. The van der Waals surface area contributed by atoms with Gasteiger partial charge < -0.3 is 5.73 Å². The molecule has 0 saturated carbocycles. The number of hydrogen-bond acceptors (Lipinski definition) is 7. The summed E-state index contributed by atoms with van der Waals surface area (Å²) < 4.78 is 56.0. The lowest BCUT2D eigenvalue weighted by molar-refractivity contribution is -0.144. The largest absolute Gasteiger partial charge is 0.451 e. The predicted octanol–water partition coefficient (Wildman–Crippen LogP) is 4.14. The molecule has 5 aromatic rings. The fourth-order valence-corrected chi connectivity index (χ4v) is 4.02. The van der Waals surface area contributed by atoms with Crippen molar-refractivity contribution in [3.8, 4) is 22.9 Å². The lowest BCUT2D eigenvalue weighted by Crippen LogP contribution is -2.10. The van der Waals surface area contributed by atoms with Crippen molar-refractivity contribution in [3.05, 3.63) is 83.8 Å². The number of benzene rings is 1. The van der Waals surface area contributed by atoms with Crippen LogP contribution in [-0.2, 0) is 6.18 Å². The third-order valence-electron chi connectivity index (χ3n) is 5.71. The lowest BCUT2D eigenvalue weighted by atomic mass is 9.95. The summed E-state index contributed by atoms with van der Waals surface area (Å²) in [6.07, 6.45) is 1.58. The van der Waals surface area contributed by atoms with Gasteiger partial charge >= 0.3 is 6.18 Å². The lowest BCUT2D eigenvalue weighted by Gasteiger charge is -2.10. The van der Waals surface area contributed by atoms with Gasteiger partial charge in [0.2, 0.25) is 5.82 Å². The Balaban J connectivity index is 1.68. The van der Waals surface area contributed by atoms with Crippen molar-refractivity contribution < 1.29 is 17.6 Å². The van der Waals surface area contributed by atoms with Crippen LogP contribution in [0.4, 0.5) is 23.4 Å². The van der Waals surface area contributed by atoms with Crippen molar-refractivity contribution in [3.63, 3.8) is 0 Å². The number of para-hydroxylation sites is 1. The van der Waals surface area contributed by atoms with Crippen LogP contribution in [0.1, 0.15) is 35.5 Å². The Bertz CT molecular complexity index is 1630. The van der Waals surface area contributed by atoms with Gasteiger partial charge in [0.15, 0.2) is 5.82 Å². The maximum atomic E-state index is 14.3. The van der Waals surface area contributed by atoms with Crippen molar-refractivity contribution in [2.24, 2.45) is 0 Å².